The van der Waals surface area contributed by atoms with E-state index >= 15 is 0 Å². The van der Waals surface area contributed by atoms with Gasteiger partial charge in [-0.25, -0.2) is 0 Å². The molecule has 29 heavy (non-hydrogen) atoms. The zero-order valence-corrected chi connectivity index (χ0v) is 18.4. The van der Waals surface area contributed by atoms with Gasteiger partial charge >= 0.3 is 0 Å². The Hall–Kier alpha value is -1.31. The fourth-order valence-electron chi connectivity index (χ4n) is 7.44. The predicted molar refractivity (Wildman–Crippen MR) is 116 cm³/mol. The van der Waals surface area contributed by atoms with Gasteiger partial charge in [-0.3, -0.25) is 15.1 Å². The zero-order valence-electron chi connectivity index (χ0n) is 18.4. The van der Waals surface area contributed by atoms with Crippen LogP contribution in [-0.4, -0.2) is 26.0 Å². The van der Waals surface area contributed by atoms with Crippen molar-refractivity contribution < 1.29 is 9.63 Å². The van der Waals surface area contributed by atoms with E-state index in [2.05, 4.69) is 36.6 Å². The summed E-state index contributed by atoms with van der Waals surface area (Å²) in [6.07, 6.45) is 16.9. The Kier molecular flexibility index (Phi) is 5.84. The number of terminal acetylenes is 1. The Morgan fingerprint density at radius 3 is 2.83 bits per heavy atom. The molecule has 0 aromatic carbocycles. The summed E-state index contributed by atoms with van der Waals surface area (Å²) in [5, 5.41) is 3.14. The van der Waals surface area contributed by atoms with Crippen LogP contribution in [0.5, 0.6) is 0 Å². The number of rotatable bonds is 6. The van der Waals surface area contributed by atoms with Gasteiger partial charge in [0.2, 0.25) is 0 Å². The molecule has 3 saturated carbocycles. The van der Waals surface area contributed by atoms with Crippen LogP contribution in [0.15, 0.2) is 11.8 Å². The number of hydroxylamine groups is 1. The zero-order chi connectivity index (χ0) is 20.6. The van der Waals surface area contributed by atoms with Crippen molar-refractivity contribution in [3.63, 3.8) is 0 Å². The first-order chi connectivity index (χ1) is 13.9. The van der Waals surface area contributed by atoms with E-state index < -0.39 is 0 Å². The lowest BCUT2D eigenvalue weighted by molar-refractivity contribution is -0.137. The van der Waals surface area contributed by atoms with Gasteiger partial charge in [0.25, 0.3) is 0 Å². The molecule has 4 nitrogen and oxygen atoms in total. The Bertz CT molecular complexity index is 710. The van der Waals surface area contributed by atoms with E-state index in [-0.39, 0.29) is 16.7 Å². The first-order valence-electron chi connectivity index (χ1n) is 11.7. The van der Waals surface area contributed by atoms with Gasteiger partial charge in [0.15, 0.2) is 0 Å². The minimum Gasteiger partial charge on any atom is -0.320 e. The molecule has 4 heteroatoms. The molecule has 4 aliphatic carbocycles. The van der Waals surface area contributed by atoms with Gasteiger partial charge in [0.1, 0.15) is 5.78 Å². The summed E-state index contributed by atoms with van der Waals surface area (Å²) in [5.74, 6) is 6.19. The van der Waals surface area contributed by atoms with E-state index in [4.69, 9.17) is 11.3 Å². The van der Waals surface area contributed by atoms with Crippen LogP contribution in [0.3, 0.4) is 0 Å². The third-order valence-corrected chi connectivity index (χ3v) is 9.12. The molecule has 4 rings (SSSR count). The largest absolute Gasteiger partial charge is 0.320 e. The third-order valence-electron chi connectivity index (χ3n) is 9.12. The van der Waals surface area contributed by atoms with Crippen LogP contribution in [0, 0.1) is 52.8 Å². The van der Waals surface area contributed by atoms with Gasteiger partial charge in [-0.15, -0.1) is 12.3 Å². The topological polar surface area (TPSA) is 50.4 Å². The van der Waals surface area contributed by atoms with Crippen molar-refractivity contribution in [3.8, 4) is 12.3 Å². The Morgan fingerprint density at radius 2 is 2.07 bits per heavy atom. The lowest BCUT2D eigenvalue weighted by atomic mass is 9.44. The molecule has 4 aliphatic rings. The molecular weight excluding hydrogens is 360 g/mol. The van der Waals surface area contributed by atoms with Gasteiger partial charge in [0, 0.05) is 23.5 Å². The van der Waals surface area contributed by atoms with Crippen LogP contribution in [0.25, 0.3) is 0 Å². The second kappa shape index (κ2) is 8.08. The van der Waals surface area contributed by atoms with E-state index in [1.54, 1.807) is 0 Å². The molecule has 0 aliphatic heterocycles. The van der Waals surface area contributed by atoms with Gasteiger partial charge in [-0.2, -0.15) is 0 Å². The Labute approximate surface area is 176 Å². The van der Waals surface area contributed by atoms with Gasteiger partial charge < -0.3 is 5.32 Å². The summed E-state index contributed by atoms with van der Waals surface area (Å²) in [6.45, 7) is 6.40. The van der Waals surface area contributed by atoms with Crippen molar-refractivity contribution >= 4 is 5.78 Å². The Balaban J connectivity index is 1.52. The van der Waals surface area contributed by atoms with Crippen LogP contribution in [0.1, 0.15) is 65.2 Å². The first kappa shape index (κ1) is 20.9. The van der Waals surface area contributed by atoms with E-state index in [9.17, 15) is 4.79 Å². The van der Waals surface area contributed by atoms with Crippen molar-refractivity contribution in [2.45, 2.75) is 65.2 Å². The number of carbonyl (C=O) groups excluding carboxylic acids is 1. The molecule has 0 aromatic heterocycles. The second-order valence-corrected chi connectivity index (χ2v) is 10.4. The van der Waals surface area contributed by atoms with Crippen LogP contribution >= 0.6 is 0 Å². The highest BCUT2D eigenvalue weighted by atomic mass is 16.6. The maximum Gasteiger partial charge on any atom is 0.139 e. The maximum absolute atomic E-state index is 12.7. The number of hydrogen-bond donors (Lipinski definition) is 2. The minimum atomic E-state index is -0.0814. The molecule has 0 spiro atoms. The SMILES string of the molecule is C#CC1C[C@@H]2[C@@H](CC[C@]3(C)C(=O)CC[C@@H]23)[C@@]2(C)CCC(NOCCCNC)=CC12. The molecule has 3 fully saturated rings. The summed E-state index contributed by atoms with van der Waals surface area (Å²) in [7, 11) is 1.96. The summed E-state index contributed by atoms with van der Waals surface area (Å²) in [4.78, 5) is 18.3. The van der Waals surface area contributed by atoms with Crippen LogP contribution in [-0.2, 0) is 9.63 Å². The average molecular weight is 399 g/mol. The molecule has 0 heterocycles. The third kappa shape index (κ3) is 3.45. The normalized spacial score (nSPS) is 43.6. The van der Waals surface area contributed by atoms with Crippen molar-refractivity contribution in [1.82, 2.24) is 10.8 Å². The van der Waals surface area contributed by atoms with E-state index in [1.165, 1.54) is 12.1 Å². The number of carbonyl (C=O) groups is 1. The van der Waals surface area contributed by atoms with E-state index in [0.29, 0.717) is 36.1 Å². The molecule has 2 N–H and O–H groups in total. The molecule has 0 radical (unpaired) electrons. The maximum atomic E-state index is 12.7. The minimum absolute atomic E-state index is 0.0814. The van der Waals surface area contributed by atoms with E-state index in [0.717, 1.165) is 51.5 Å². The Morgan fingerprint density at radius 1 is 1.24 bits per heavy atom. The highest BCUT2D eigenvalue weighted by Crippen LogP contribution is 2.66. The number of fused-ring (bicyclic) bond motifs is 5. The molecule has 7 atom stereocenters. The van der Waals surface area contributed by atoms with Crippen molar-refractivity contribution in [2.75, 3.05) is 20.2 Å². The molecule has 0 amide bonds. The second-order valence-electron chi connectivity index (χ2n) is 10.4. The van der Waals surface area contributed by atoms with Crippen molar-refractivity contribution in [1.29, 1.82) is 0 Å². The van der Waals surface area contributed by atoms with Crippen molar-refractivity contribution in [3.05, 3.63) is 11.8 Å². The number of Topliss-reactive ketones (excluding diaryl/α,β-unsaturated/α-hetero) is 1. The summed E-state index contributed by atoms with van der Waals surface area (Å²) in [6, 6.07) is 0. The van der Waals surface area contributed by atoms with Gasteiger partial charge in [-0.05, 0) is 87.6 Å². The summed E-state index contributed by atoms with van der Waals surface area (Å²) >= 11 is 0. The fourth-order valence-corrected chi connectivity index (χ4v) is 7.44. The van der Waals surface area contributed by atoms with E-state index in [1.807, 2.05) is 7.05 Å². The number of hydrogen-bond acceptors (Lipinski definition) is 4. The number of allylic oxidation sites excluding steroid dienone is 2. The van der Waals surface area contributed by atoms with Gasteiger partial charge in [-0.1, -0.05) is 19.9 Å². The highest BCUT2D eigenvalue weighted by Gasteiger charge is 2.61. The lowest BCUT2D eigenvalue weighted by Crippen LogP contribution is -2.55. The molecule has 0 aromatic rings. The summed E-state index contributed by atoms with van der Waals surface area (Å²) in [5.41, 5.74) is 4.58. The van der Waals surface area contributed by atoms with Crippen LogP contribution in [0.4, 0.5) is 0 Å². The molecule has 0 bridgehead atoms. The smallest absolute Gasteiger partial charge is 0.139 e. The predicted octanol–water partition coefficient (Wildman–Crippen LogP) is 4.08. The standard InChI is InChI=1S/C25H38N2O2/c1-5-17-15-19-20-7-8-23(28)25(20,3)12-10-21(19)24(2)11-9-18(16-22(17)24)27-29-14-6-13-26-4/h1,16-17,19-22,26-27H,6-15H2,2-4H3/t17?,19-,20-,21+,22?,24+,25-/m0/s1. The number of nitrogens with one attached hydrogen (secondary N) is 2. The van der Waals surface area contributed by atoms with Crippen LogP contribution < -0.4 is 10.8 Å². The highest BCUT2D eigenvalue weighted by molar-refractivity contribution is 5.87. The van der Waals surface area contributed by atoms with Crippen molar-refractivity contribution in [2.24, 2.45) is 40.4 Å². The fraction of sp³-hybridized carbons (Fsp3) is 0.800. The van der Waals surface area contributed by atoms with Gasteiger partial charge in [0.05, 0.1) is 6.61 Å². The average Bonchev–Trinajstić information content (AvgIpc) is 3.02. The first-order valence-corrected chi connectivity index (χ1v) is 11.7. The number of ketones is 1. The molecular formula is C25H38N2O2. The molecule has 2 unspecified atom stereocenters. The monoisotopic (exact) mass is 398 g/mol. The quantitative estimate of drug-likeness (QED) is 0.402. The molecule has 0 saturated heterocycles. The summed E-state index contributed by atoms with van der Waals surface area (Å²) < 4.78 is 0. The van der Waals surface area contributed by atoms with Crippen LogP contribution in [0.2, 0.25) is 0 Å². The molecule has 160 valence electrons. The lowest BCUT2D eigenvalue weighted by Gasteiger charge is -2.60.